The van der Waals surface area contributed by atoms with Crippen molar-refractivity contribution in [2.24, 2.45) is 0 Å². The van der Waals surface area contributed by atoms with Gasteiger partial charge in [0.05, 0.1) is 22.4 Å². The second-order valence-electron chi connectivity index (χ2n) is 21.4. The van der Waals surface area contributed by atoms with Crippen molar-refractivity contribution in [1.29, 1.82) is 0 Å². The summed E-state index contributed by atoms with van der Waals surface area (Å²) < 4.78 is 16.8. The highest BCUT2D eigenvalue weighted by Crippen LogP contribution is 2.49. The van der Waals surface area contributed by atoms with Gasteiger partial charge in [0.25, 0.3) is 6.71 Å². The van der Waals surface area contributed by atoms with Crippen molar-refractivity contribution in [1.82, 2.24) is 19.5 Å². The van der Waals surface area contributed by atoms with E-state index < -0.39 is 0 Å². The van der Waals surface area contributed by atoms with Gasteiger partial charge in [-0.2, -0.15) is 4.98 Å². The van der Waals surface area contributed by atoms with Crippen LogP contribution in [0.15, 0.2) is 42.5 Å². The lowest BCUT2D eigenvalue weighted by Gasteiger charge is -2.43. The van der Waals surface area contributed by atoms with Crippen LogP contribution in [0.3, 0.4) is 0 Å². The summed E-state index contributed by atoms with van der Waals surface area (Å²) in [5.41, 5.74) is 16.6. The molecule has 6 aromatic rings. The zero-order valence-corrected chi connectivity index (χ0v) is 35.7. The highest BCUT2D eigenvalue weighted by Gasteiger charge is 2.48. The first kappa shape index (κ1) is 35.3. The molecule has 0 unspecified atom stereocenters. The molecule has 0 saturated carbocycles. The molecule has 0 amide bonds. The Morgan fingerprint density at radius 3 is 1.55 bits per heavy atom. The van der Waals surface area contributed by atoms with Crippen LogP contribution in [-0.2, 0) is 47.3 Å². The first-order valence-corrected chi connectivity index (χ1v) is 22.3. The third kappa shape index (κ3) is 4.76. The standard InChI is InChI=1S/C51H55BN4O2/c1-48(2)21-23-50(5,6)43-34(48)25-36-45(54-43)57-38-27-39(53-47-40(38)52(36)37-26-35-44(55-46(37)58-47)51(7,8)24-22-49(35,3)4)56-41-30-15-11-9-13-28(30)17-19-32(41)33-20-18-29-14-10-12-16-31(29)42(33)56/h17-20,25-27H,9-16,21-24H2,1-8H3. The van der Waals surface area contributed by atoms with Gasteiger partial charge < -0.3 is 9.47 Å². The third-order valence-corrected chi connectivity index (χ3v) is 15.8. The lowest BCUT2D eigenvalue weighted by atomic mass is 9.35. The molecule has 0 fully saturated rings. The predicted octanol–water partition coefficient (Wildman–Crippen LogP) is 10.2. The van der Waals surface area contributed by atoms with E-state index in [2.05, 4.69) is 102 Å². The normalized spacial score (nSPS) is 21.1. The molecule has 0 N–H and O–H groups in total. The number of rotatable bonds is 1. The van der Waals surface area contributed by atoms with E-state index in [4.69, 9.17) is 24.4 Å². The molecule has 12 rings (SSSR count). The summed E-state index contributed by atoms with van der Waals surface area (Å²) in [5, 5.41) is 2.65. The quantitative estimate of drug-likeness (QED) is 0.156. The highest BCUT2D eigenvalue weighted by atomic mass is 16.5. The third-order valence-electron chi connectivity index (χ3n) is 15.8. The second kappa shape index (κ2) is 11.5. The molecule has 58 heavy (non-hydrogen) atoms. The molecule has 6 nitrogen and oxygen atoms in total. The van der Waals surface area contributed by atoms with Crippen molar-refractivity contribution >= 4 is 44.9 Å². The van der Waals surface area contributed by atoms with Gasteiger partial charge in [-0.1, -0.05) is 91.8 Å². The smallest absolute Gasteiger partial charge is 0.267 e. The van der Waals surface area contributed by atoms with Gasteiger partial charge in [-0.25, -0.2) is 9.97 Å². The van der Waals surface area contributed by atoms with Crippen LogP contribution in [0.5, 0.6) is 23.4 Å². The minimum Gasteiger partial charge on any atom is -0.440 e. The Labute approximate surface area is 343 Å². The molecule has 4 aliphatic carbocycles. The van der Waals surface area contributed by atoms with E-state index in [9.17, 15) is 0 Å². The number of pyridine rings is 3. The Balaban J connectivity index is 1.17. The summed E-state index contributed by atoms with van der Waals surface area (Å²) in [5.74, 6) is 3.66. The van der Waals surface area contributed by atoms with E-state index in [0.717, 1.165) is 85.0 Å². The lowest BCUT2D eigenvalue weighted by molar-refractivity contribution is 0.317. The fraction of sp³-hybridized carbons (Fsp3) is 0.471. The molecule has 0 spiro atoms. The number of nitrogens with zero attached hydrogens (tertiary/aromatic N) is 4. The fourth-order valence-electron chi connectivity index (χ4n) is 12.0. The summed E-state index contributed by atoms with van der Waals surface area (Å²) in [6.07, 6.45) is 13.8. The number of ether oxygens (including phenoxy) is 2. The Morgan fingerprint density at radius 1 is 0.534 bits per heavy atom. The number of fused-ring (bicyclic) bond motifs is 13. The molecule has 294 valence electrons. The first-order valence-electron chi connectivity index (χ1n) is 22.3. The van der Waals surface area contributed by atoms with Crippen LogP contribution < -0.4 is 25.9 Å². The summed E-state index contributed by atoms with van der Waals surface area (Å²) >= 11 is 0. The lowest BCUT2D eigenvalue weighted by Crippen LogP contribution is -2.59. The molecule has 0 radical (unpaired) electrons. The highest BCUT2D eigenvalue weighted by molar-refractivity contribution is 6.98. The van der Waals surface area contributed by atoms with Gasteiger partial charge in [-0.15, -0.1) is 0 Å². The van der Waals surface area contributed by atoms with Crippen LogP contribution >= 0.6 is 0 Å². The van der Waals surface area contributed by atoms with Gasteiger partial charge in [0.1, 0.15) is 11.6 Å². The van der Waals surface area contributed by atoms with Crippen LogP contribution in [0.25, 0.3) is 27.6 Å². The Bertz CT molecular complexity index is 2640. The molecule has 0 bridgehead atoms. The minimum absolute atomic E-state index is 0.00102. The second-order valence-corrected chi connectivity index (χ2v) is 21.4. The van der Waals surface area contributed by atoms with E-state index in [1.165, 1.54) is 86.6 Å². The van der Waals surface area contributed by atoms with Crippen LogP contribution in [0.4, 0.5) is 0 Å². The monoisotopic (exact) mass is 766 g/mol. The van der Waals surface area contributed by atoms with Crippen LogP contribution in [0.1, 0.15) is 152 Å². The maximum Gasteiger partial charge on any atom is 0.267 e. The number of hydrogen-bond acceptors (Lipinski definition) is 5. The Kier molecular flexibility index (Phi) is 7.03. The van der Waals surface area contributed by atoms with Crippen molar-refractivity contribution < 1.29 is 9.47 Å². The summed E-state index contributed by atoms with van der Waals surface area (Å²) in [6.45, 7) is 18.8. The summed E-state index contributed by atoms with van der Waals surface area (Å²) in [7, 11) is 0. The average molecular weight is 767 g/mol. The Hall–Kier alpha value is -4.65. The fourth-order valence-corrected chi connectivity index (χ4v) is 12.0. The summed E-state index contributed by atoms with van der Waals surface area (Å²) in [4.78, 5) is 16.7. The first-order chi connectivity index (χ1) is 27.7. The maximum atomic E-state index is 7.18. The van der Waals surface area contributed by atoms with Crippen LogP contribution in [0.2, 0.25) is 0 Å². The van der Waals surface area contributed by atoms with Crippen molar-refractivity contribution in [3.8, 4) is 29.2 Å². The predicted molar refractivity (Wildman–Crippen MR) is 236 cm³/mol. The Morgan fingerprint density at radius 2 is 1.02 bits per heavy atom. The molecular formula is C51H55BN4O2. The van der Waals surface area contributed by atoms with E-state index in [1.54, 1.807) is 0 Å². The molecule has 4 aromatic heterocycles. The van der Waals surface area contributed by atoms with Crippen LogP contribution in [0, 0.1) is 0 Å². The van der Waals surface area contributed by atoms with Crippen molar-refractivity contribution in [2.75, 3.05) is 0 Å². The number of aryl methyl sites for hydroxylation is 4. The zero-order valence-electron chi connectivity index (χ0n) is 35.7. The molecule has 6 aliphatic rings. The van der Waals surface area contributed by atoms with Gasteiger partial charge in [0, 0.05) is 33.1 Å². The van der Waals surface area contributed by atoms with Crippen molar-refractivity contribution in [3.05, 3.63) is 87.2 Å². The zero-order chi connectivity index (χ0) is 39.7. The van der Waals surface area contributed by atoms with E-state index in [-0.39, 0.29) is 28.4 Å². The molecule has 2 aromatic carbocycles. The van der Waals surface area contributed by atoms with E-state index >= 15 is 0 Å². The number of hydrogen-bond donors (Lipinski definition) is 0. The molecule has 6 heterocycles. The van der Waals surface area contributed by atoms with E-state index in [1.807, 2.05) is 0 Å². The van der Waals surface area contributed by atoms with Gasteiger partial charge in [-0.3, -0.25) is 4.57 Å². The van der Waals surface area contributed by atoms with Crippen molar-refractivity contribution in [3.63, 3.8) is 0 Å². The average Bonchev–Trinajstić information content (AvgIpc) is 3.56. The summed E-state index contributed by atoms with van der Waals surface area (Å²) in [6, 6.07) is 16.7. The van der Waals surface area contributed by atoms with Crippen LogP contribution in [-0.4, -0.2) is 26.2 Å². The molecule has 2 aliphatic heterocycles. The number of benzene rings is 2. The van der Waals surface area contributed by atoms with Gasteiger partial charge in [0.15, 0.2) is 0 Å². The minimum atomic E-state index is -0.157. The van der Waals surface area contributed by atoms with Gasteiger partial charge in [-0.05, 0) is 132 Å². The van der Waals surface area contributed by atoms with Crippen molar-refractivity contribution in [2.45, 2.75) is 154 Å². The maximum absolute atomic E-state index is 7.18. The molecule has 0 atom stereocenters. The SMILES string of the molecule is CC1(C)CCC(C)(C)c2nc3c(cc21)B1c2cc4c(nc2Oc2nc(-n5c6c7c(ccc6c6ccc8c(c65)CCCC8)CCCC7)cc(c21)O3)C(C)(C)CCC4(C)C. The molecular weight excluding hydrogens is 711 g/mol. The van der Waals surface area contributed by atoms with Gasteiger partial charge >= 0.3 is 0 Å². The van der Waals surface area contributed by atoms with Gasteiger partial charge in [0.2, 0.25) is 17.6 Å². The molecule has 0 saturated heterocycles. The molecule has 7 heteroatoms. The topological polar surface area (TPSA) is 62.1 Å². The largest absolute Gasteiger partial charge is 0.440 e. The van der Waals surface area contributed by atoms with E-state index in [0.29, 0.717) is 17.6 Å². The number of aromatic nitrogens is 4.